The highest BCUT2D eigenvalue weighted by molar-refractivity contribution is 7.90. The van der Waals surface area contributed by atoms with Crippen LogP contribution in [-0.2, 0) is 22.6 Å². The van der Waals surface area contributed by atoms with Crippen LogP contribution in [0.5, 0.6) is 0 Å². The lowest BCUT2D eigenvalue weighted by atomic mass is 10.1. The van der Waals surface area contributed by atoms with Gasteiger partial charge in [0.05, 0.1) is 11.3 Å². The first kappa shape index (κ1) is 22.1. The summed E-state index contributed by atoms with van der Waals surface area (Å²) < 4.78 is 79.2. The van der Waals surface area contributed by atoms with Crippen molar-refractivity contribution < 1.29 is 30.8 Å². The fraction of sp³-hybridized carbons (Fsp3) is 0.350. The number of hydrogen-bond acceptors (Lipinski definition) is 3. The van der Waals surface area contributed by atoms with Crippen molar-refractivity contribution in [3.8, 4) is 0 Å². The molecule has 0 unspecified atom stereocenters. The predicted octanol–water partition coefficient (Wildman–Crippen LogP) is 4.82. The van der Waals surface area contributed by atoms with E-state index in [4.69, 9.17) is 0 Å². The first-order chi connectivity index (χ1) is 14.1. The Morgan fingerprint density at radius 3 is 2.27 bits per heavy atom. The minimum atomic E-state index is -4.72. The van der Waals surface area contributed by atoms with E-state index in [1.807, 2.05) is 6.92 Å². The van der Waals surface area contributed by atoms with Gasteiger partial charge in [0.2, 0.25) is 0 Å². The van der Waals surface area contributed by atoms with Crippen molar-refractivity contribution >= 4 is 21.7 Å². The highest BCUT2D eigenvalue weighted by Crippen LogP contribution is 2.39. The lowest BCUT2D eigenvalue weighted by molar-refractivity contribution is -0.137. The molecule has 5 nitrogen and oxygen atoms in total. The second-order valence-corrected chi connectivity index (χ2v) is 8.75. The molecule has 1 aliphatic heterocycles. The highest BCUT2D eigenvalue weighted by atomic mass is 32.2. The van der Waals surface area contributed by atoms with Gasteiger partial charge in [-0.25, -0.2) is 21.9 Å². The topological polar surface area (TPSA) is 57.7 Å². The van der Waals surface area contributed by atoms with E-state index in [9.17, 15) is 30.8 Å². The Morgan fingerprint density at radius 1 is 1.00 bits per heavy atom. The number of anilines is 1. The normalized spacial score (nSPS) is 16.0. The Labute approximate surface area is 172 Å². The van der Waals surface area contributed by atoms with Crippen molar-refractivity contribution in [2.45, 2.75) is 37.3 Å². The number of sulfonamides is 1. The van der Waals surface area contributed by atoms with E-state index in [1.165, 1.54) is 29.2 Å². The number of benzene rings is 2. The van der Waals surface area contributed by atoms with E-state index in [0.717, 1.165) is 12.1 Å². The van der Waals surface area contributed by atoms with Crippen LogP contribution in [0.4, 0.5) is 28.0 Å². The molecule has 0 saturated carbocycles. The van der Waals surface area contributed by atoms with Gasteiger partial charge in [0.15, 0.2) is 0 Å². The summed E-state index contributed by atoms with van der Waals surface area (Å²) in [6.07, 6.45) is -3.36. The SMILES string of the molecule is CCCCN1C(=O)N(CCc2ccc(F)cc2)S(=O)(=O)c2cc(C(F)(F)F)ccc21. The summed E-state index contributed by atoms with van der Waals surface area (Å²) in [5.41, 5.74) is -0.568. The molecule has 0 aromatic heterocycles. The van der Waals surface area contributed by atoms with Crippen LogP contribution in [0.3, 0.4) is 0 Å². The molecule has 0 atom stereocenters. The van der Waals surface area contributed by atoms with E-state index in [-0.39, 0.29) is 25.2 Å². The number of amides is 2. The molecule has 2 aromatic rings. The number of halogens is 4. The van der Waals surface area contributed by atoms with Gasteiger partial charge in [-0.15, -0.1) is 0 Å². The van der Waals surface area contributed by atoms with Crippen LogP contribution >= 0.6 is 0 Å². The number of fused-ring (bicyclic) bond motifs is 1. The molecule has 0 fully saturated rings. The summed E-state index contributed by atoms with van der Waals surface area (Å²) in [5, 5.41) is 0. The van der Waals surface area contributed by atoms with Crippen molar-refractivity contribution in [3.05, 3.63) is 59.4 Å². The van der Waals surface area contributed by atoms with Crippen LogP contribution in [0, 0.1) is 5.82 Å². The molecule has 30 heavy (non-hydrogen) atoms. The van der Waals surface area contributed by atoms with E-state index in [1.54, 1.807) is 0 Å². The lowest BCUT2D eigenvalue weighted by Crippen LogP contribution is -2.51. The summed E-state index contributed by atoms with van der Waals surface area (Å²) in [6.45, 7) is 1.78. The molecule has 0 bridgehead atoms. The second-order valence-electron chi connectivity index (χ2n) is 6.92. The van der Waals surface area contributed by atoms with Crippen molar-refractivity contribution in [1.29, 1.82) is 0 Å². The Hall–Kier alpha value is -2.62. The molecule has 1 heterocycles. The number of carbonyl (C=O) groups excluding carboxylic acids is 1. The molecule has 3 rings (SSSR count). The van der Waals surface area contributed by atoms with E-state index < -0.39 is 38.5 Å². The summed E-state index contributed by atoms with van der Waals surface area (Å²) in [4.78, 5) is 13.6. The lowest BCUT2D eigenvalue weighted by Gasteiger charge is -2.36. The van der Waals surface area contributed by atoms with Crippen molar-refractivity contribution in [2.24, 2.45) is 0 Å². The minimum Gasteiger partial charge on any atom is -0.292 e. The molecular weight excluding hydrogens is 424 g/mol. The van der Waals surface area contributed by atoms with Crippen LogP contribution in [0.15, 0.2) is 47.4 Å². The number of unbranched alkanes of at least 4 members (excludes halogenated alkanes) is 1. The number of alkyl halides is 3. The fourth-order valence-electron chi connectivity index (χ4n) is 3.21. The van der Waals surface area contributed by atoms with Gasteiger partial charge in [0.25, 0.3) is 10.0 Å². The zero-order valence-electron chi connectivity index (χ0n) is 16.1. The third-order valence-electron chi connectivity index (χ3n) is 4.84. The standard InChI is InChI=1S/C20H20F4N2O3S/c1-2-3-11-25-17-9-6-15(20(22,23)24)13-18(17)30(28,29)26(19(25)27)12-10-14-4-7-16(21)8-5-14/h4-9,13H,2-3,10-12H2,1H3. The van der Waals surface area contributed by atoms with Crippen LogP contribution in [-0.4, -0.2) is 31.8 Å². The molecule has 0 aliphatic carbocycles. The molecule has 0 radical (unpaired) electrons. The Balaban J connectivity index is 2.01. The molecule has 10 heteroatoms. The van der Waals surface area contributed by atoms with Gasteiger partial charge < -0.3 is 0 Å². The quantitative estimate of drug-likeness (QED) is 0.601. The zero-order chi connectivity index (χ0) is 22.1. The maximum Gasteiger partial charge on any atom is 0.416 e. The largest absolute Gasteiger partial charge is 0.416 e. The molecule has 2 aromatic carbocycles. The van der Waals surface area contributed by atoms with Crippen LogP contribution in [0.25, 0.3) is 0 Å². The third-order valence-corrected chi connectivity index (χ3v) is 6.64. The monoisotopic (exact) mass is 444 g/mol. The van der Waals surface area contributed by atoms with Gasteiger partial charge in [0.1, 0.15) is 10.7 Å². The predicted molar refractivity (Wildman–Crippen MR) is 103 cm³/mol. The first-order valence-corrected chi connectivity index (χ1v) is 10.8. The van der Waals surface area contributed by atoms with Gasteiger partial charge in [-0.1, -0.05) is 25.5 Å². The van der Waals surface area contributed by atoms with Crippen LogP contribution in [0.2, 0.25) is 0 Å². The molecule has 0 N–H and O–H groups in total. The van der Waals surface area contributed by atoms with E-state index >= 15 is 0 Å². The maximum atomic E-state index is 13.2. The molecular formula is C20H20F4N2O3S. The second kappa shape index (κ2) is 8.25. The van der Waals surface area contributed by atoms with Crippen molar-refractivity contribution in [1.82, 2.24) is 4.31 Å². The zero-order valence-corrected chi connectivity index (χ0v) is 16.9. The molecule has 1 aliphatic rings. The van der Waals surface area contributed by atoms with Crippen molar-refractivity contribution in [2.75, 3.05) is 18.0 Å². The van der Waals surface area contributed by atoms with Gasteiger partial charge >= 0.3 is 12.2 Å². The minimum absolute atomic E-state index is 0.0560. The summed E-state index contributed by atoms with van der Waals surface area (Å²) in [5.74, 6) is -0.459. The van der Waals surface area contributed by atoms with Gasteiger partial charge in [-0.3, -0.25) is 4.90 Å². The summed E-state index contributed by atoms with van der Waals surface area (Å²) >= 11 is 0. The number of rotatable bonds is 6. The Bertz CT molecular complexity index is 1040. The van der Waals surface area contributed by atoms with Gasteiger partial charge in [-0.05, 0) is 48.7 Å². The third kappa shape index (κ3) is 4.28. The summed E-state index contributed by atoms with van der Waals surface area (Å²) in [7, 11) is -4.48. The maximum absolute atomic E-state index is 13.2. The fourth-order valence-corrected chi connectivity index (χ4v) is 4.80. The molecule has 162 valence electrons. The molecule has 2 amide bonds. The first-order valence-electron chi connectivity index (χ1n) is 9.35. The summed E-state index contributed by atoms with van der Waals surface area (Å²) in [6, 6.07) is 6.90. The van der Waals surface area contributed by atoms with Gasteiger partial charge in [0, 0.05) is 13.1 Å². The van der Waals surface area contributed by atoms with E-state index in [0.29, 0.717) is 28.8 Å². The van der Waals surface area contributed by atoms with E-state index in [2.05, 4.69) is 0 Å². The Morgan fingerprint density at radius 2 is 1.67 bits per heavy atom. The Kier molecular flexibility index (Phi) is 6.07. The number of hydrogen-bond donors (Lipinski definition) is 0. The van der Waals surface area contributed by atoms with Gasteiger partial charge in [-0.2, -0.15) is 13.2 Å². The number of nitrogens with zero attached hydrogens (tertiary/aromatic N) is 2. The average Bonchev–Trinajstić information content (AvgIpc) is 2.68. The number of urea groups is 1. The molecule has 0 saturated heterocycles. The smallest absolute Gasteiger partial charge is 0.292 e. The molecule has 0 spiro atoms. The van der Waals surface area contributed by atoms with Crippen LogP contribution in [0.1, 0.15) is 30.9 Å². The number of carbonyl (C=O) groups is 1. The van der Waals surface area contributed by atoms with Crippen molar-refractivity contribution in [3.63, 3.8) is 0 Å². The average molecular weight is 444 g/mol. The highest BCUT2D eigenvalue weighted by Gasteiger charge is 2.43. The van der Waals surface area contributed by atoms with Crippen LogP contribution < -0.4 is 4.90 Å².